The molecule has 0 radical (unpaired) electrons. The van der Waals surface area contributed by atoms with E-state index in [0.29, 0.717) is 11.0 Å². The molecule has 2 aromatic carbocycles. The molecule has 2 aromatic heterocycles. The first-order chi connectivity index (χ1) is 13.0. The van der Waals surface area contributed by atoms with E-state index in [2.05, 4.69) is 24.6 Å². The van der Waals surface area contributed by atoms with Crippen LogP contribution in [0.15, 0.2) is 57.0 Å². The van der Waals surface area contributed by atoms with Gasteiger partial charge < -0.3 is 0 Å². The monoisotopic (exact) mass is 389 g/mol. The third kappa shape index (κ3) is 3.17. The molecule has 0 fully saturated rings. The first kappa shape index (κ1) is 17.2. The topological polar surface area (TPSA) is 120 Å². The van der Waals surface area contributed by atoms with Gasteiger partial charge in [-0.25, -0.2) is 27.1 Å². The van der Waals surface area contributed by atoms with Gasteiger partial charge in [0, 0.05) is 13.1 Å². The molecule has 0 saturated heterocycles. The molecule has 0 aliphatic carbocycles. The summed E-state index contributed by atoms with van der Waals surface area (Å²) in [6.07, 6.45) is 1.29. The zero-order valence-corrected chi connectivity index (χ0v) is 14.5. The van der Waals surface area contributed by atoms with Gasteiger partial charge in [-0.2, -0.15) is 0 Å². The van der Waals surface area contributed by atoms with Crippen molar-refractivity contribution in [3.05, 3.63) is 58.9 Å². The third-order valence-corrected chi connectivity index (χ3v) is 5.46. The molecule has 9 nitrogen and oxygen atoms in total. The van der Waals surface area contributed by atoms with Crippen molar-refractivity contribution in [3.63, 3.8) is 0 Å². The largest absolute Gasteiger partial charge is 0.297 e. The molecule has 0 amide bonds. The van der Waals surface area contributed by atoms with Crippen LogP contribution in [0.1, 0.15) is 0 Å². The van der Waals surface area contributed by atoms with E-state index in [9.17, 15) is 17.6 Å². The second-order valence-electron chi connectivity index (χ2n) is 5.69. The quantitative estimate of drug-likeness (QED) is 0.542. The maximum Gasteiger partial charge on any atom is 0.261 e. The van der Waals surface area contributed by atoms with Crippen LogP contribution in [0.2, 0.25) is 0 Å². The first-order valence-electron chi connectivity index (χ1n) is 7.81. The number of nitrogens with one attached hydrogen (secondary N) is 1. The van der Waals surface area contributed by atoms with Gasteiger partial charge in [-0.05, 0) is 40.6 Å². The molecular weight excluding hydrogens is 377 g/mol. The van der Waals surface area contributed by atoms with Crippen LogP contribution in [-0.2, 0) is 16.6 Å². The maximum atomic E-state index is 13.4. The van der Waals surface area contributed by atoms with E-state index >= 15 is 0 Å². The molecule has 0 saturated carbocycles. The number of benzene rings is 2. The average molecular weight is 389 g/mol. The number of sulfonamides is 1. The van der Waals surface area contributed by atoms with Crippen molar-refractivity contribution in [2.24, 2.45) is 0 Å². The summed E-state index contributed by atoms with van der Waals surface area (Å²) in [6.45, 7) is -0.0586. The highest BCUT2D eigenvalue weighted by atomic mass is 32.2. The maximum absolute atomic E-state index is 13.4. The fraction of sp³-hybridized carbons (Fsp3) is 0.125. The van der Waals surface area contributed by atoms with Crippen LogP contribution in [0.5, 0.6) is 0 Å². The van der Waals surface area contributed by atoms with Crippen molar-refractivity contribution in [1.82, 2.24) is 24.6 Å². The van der Waals surface area contributed by atoms with E-state index in [4.69, 9.17) is 0 Å². The molecule has 2 heterocycles. The number of halogens is 1. The van der Waals surface area contributed by atoms with Crippen molar-refractivity contribution in [2.75, 3.05) is 6.54 Å². The SMILES string of the molecule is O=c1c2cc(F)ccc2ncn1CCNS(=O)(=O)c1cccc2nonc12. The Morgan fingerprint density at radius 1 is 1.15 bits per heavy atom. The lowest BCUT2D eigenvalue weighted by molar-refractivity contribution is 0.315. The average Bonchev–Trinajstić information content (AvgIpc) is 3.12. The van der Waals surface area contributed by atoms with Gasteiger partial charge in [0.15, 0.2) is 5.52 Å². The van der Waals surface area contributed by atoms with Gasteiger partial charge in [0.1, 0.15) is 16.2 Å². The number of aromatic nitrogens is 4. The van der Waals surface area contributed by atoms with Crippen LogP contribution in [0.25, 0.3) is 21.9 Å². The molecule has 11 heteroatoms. The van der Waals surface area contributed by atoms with Gasteiger partial charge in [0.05, 0.1) is 17.2 Å². The summed E-state index contributed by atoms with van der Waals surface area (Å²) >= 11 is 0. The number of fused-ring (bicyclic) bond motifs is 2. The van der Waals surface area contributed by atoms with Gasteiger partial charge in [-0.3, -0.25) is 9.36 Å². The predicted molar refractivity (Wildman–Crippen MR) is 93.0 cm³/mol. The van der Waals surface area contributed by atoms with Crippen LogP contribution < -0.4 is 10.3 Å². The van der Waals surface area contributed by atoms with Gasteiger partial charge >= 0.3 is 0 Å². The smallest absolute Gasteiger partial charge is 0.261 e. The molecule has 0 atom stereocenters. The van der Waals surface area contributed by atoms with Gasteiger partial charge in [0.2, 0.25) is 10.0 Å². The number of hydrogen-bond acceptors (Lipinski definition) is 7. The summed E-state index contributed by atoms with van der Waals surface area (Å²) in [4.78, 5) is 16.4. The number of rotatable bonds is 5. The molecule has 0 spiro atoms. The van der Waals surface area contributed by atoms with Crippen molar-refractivity contribution < 1.29 is 17.4 Å². The number of nitrogens with zero attached hydrogens (tertiary/aromatic N) is 4. The highest BCUT2D eigenvalue weighted by Gasteiger charge is 2.20. The Morgan fingerprint density at radius 2 is 2.00 bits per heavy atom. The predicted octanol–water partition coefficient (Wildman–Crippen LogP) is 1.05. The van der Waals surface area contributed by atoms with E-state index < -0.39 is 21.4 Å². The Morgan fingerprint density at radius 3 is 2.85 bits per heavy atom. The summed E-state index contributed by atoms with van der Waals surface area (Å²) in [6, 6.07) is 8.20. The van der Waals surface area contributed by atoms with Crippen LogP contribution in [0, 0.1) is 5.82 Å². The lowest BCUT2D eigenvalue weighted by Gasteiger charge is -2.09. The van der Waals surface area contributed by atoms with Crippen LogP contribution >= 0.6 is 0 Å². The lowest BCUT2D eigenvalue weighted by atomic mass is 10.2. The fourth-order valence-corrected chi connectivity index (χ4v) is 3.84. The minimum absolute atomic E-state index is 0.0184. The Labute approximate surface area is 151 Å². The summed E-state index contributed by atoms with van der Waals surface area (Å²) < 4.78 is 46.5. The highest BCUT2D eigenvalue weighted by Crippen LogP contribution is 2.19. The summed E-state index contributed by atoms with van der Waals surface area (Å²) in [5.74, 6) is -0.547. The second kappa shape index (κ2) is 6.52. The molecule has 4 rings (SSSR count). The van der Waals surface area contributed by atoms with E-state index in [-0.39, 0.29) is 28.9 Å². The standard InChI is InChI=1S/C16H12FN5O4S/c17-10-4-5-12-11(8-10)16(23)22(9-18-12)7-6-19-27(24,25)14-3-1-2-13-15(14)21-26-20-13/h1-5,8-9,19H,6-7H2. The van der Waals surface area contributed by atoms with E-state index in [0.717, 1.165) is 6.07 Å². The van der Waals surface area contributed by atoms with Gasteiger partial charge in [0.25, 0.3) is 5.56 Å². The zero-order valence-electron chi connectivity index (χ0n) is 13.7. The fourth-order valence-electron chi connectivity index (χ4n) is 2.67. The van der Waals surface area contributed by atoms with Crippen LogP contribution in [-0.4, -0.2) is 34.8 Å². The lowest BCUT2D eigenvalue weighted by Crippen LogP contribution is -2.31. The minimum atomic E-state index is -3.90. The molecule has 0 aliphatic rings. The minimum Gasteiger partial charge on any atom is -0.297 e. The Hall–Kier alpha value is -3.18. The van der Waals surface area contributed by atoms with Crippen molar-refractivity contribution >= 4 is 32.0 Å². The molecule has 0 bridgehead atoms. The molecule has 0 aliphatic heterocycles. The number of hydrogen-bond donors (Lipinski definition) is 1. The normalized spacial score (nSPS) is 12.0. The molecule has 1 N–H and O–H groups in total. The van der Waals surface area contributed by atoms with Gasteiger partial charge in [-0.1, -0.05) is 6.07 Å². The third-order valence-electron chi connectivity index (χ3n) is 3.97. The van der Waals surface area contributed by atoms with Gasteiger partial charge in [-0.15, -0.1) is 0 Å². The molecule has 4 aromatic rings. The second-order valence-corrected chi connectivity index (χ2v) is 7.43. The summed E-state index contributed by atoms with van der Waals surface area (Å²) in [7, 11) is -3.90. The summed E-state index contributed by atoms with van der Waals surface area (Å²) in [5.41, 5.74) is 0.338. The van der Waals surface area contributed by atoms with Crippen molar-refractivity contribution in [1.29, 1.82) is 0 Å². The van der Waals surface area contributed by atoms with E-state index in [1.165, 1.54) is 35.2 Å². The Balaban J connectivity index is 1.56. The van der Waals surface area contributed by atoms with E-state index in [1.807, 2.05) is 0 Å². The summed E-state index contributed by atoms with van der Waals surface area (Å²) in [5, 5.41) is 7.33. The molecule has 27 heavy (non-hydrogen) atoms. The molecule has 138 valence electrons. The van der Waals surface area contributed by atoms with Crippen LogP contribution in [0.4, 0.5) is 4.39 Å². The van der Waals surface area contributed by atoms with Crippen molar-refractivity contribution in [3.8, 4) is 0 Å². The highest BCUT2D eigenvalue weighted by molar-refractivity contribution is 7.89. The van der Waals surface area contributed by atoms with Crippen molar-refractivity contribution in [2.45, 2.75) is 11.4 Å². The molecular formula is C16H12FN5O4S. The molecule has 0 unspecified atom stereocenters. The Kier molecular flexibility index (Phi) is 4.16. The van der Waals surface area contributed by atoms with Crippen LogP contribution in [0.3, 0.4) is 0 Å². The first-order valence-corrected chi connectivity index (χ1v) is 9.30. The van der Waals surface area contributed by atoms with E-state index in [1.54, 1.807) is 6.07 Å². The zero-order chi connectivity index (χ0) is 19.0. The Bertz CT molecular complexity index is 1320.